The maximum absolute atomic E-state index is 13.6. The van der Waals surface area contributed by atoms with Crippen LogP contribution in [0.3, 0.4) is 0 Å². The minimum absolute atomic E-state index is 0.0573. The Morgan fingerprint density at radius 1 is 0.955 bits per heavy atom. The summed E-state index contributed by atoms with van der Waals surface area (Å²) in [6.07, 6.45) is -0.582. The van der Waals surface area contributed by atoms with Gasteiger partial charge in [-0.25, -0.2) is 12.6 Å². The largest absolute Gasteiger partial charge is 0.474 e. The Hall–Kier alpha value is -3.17. The average molecular weight is 660 g/mol. The molecule has 0 radical (unpaired) electrons. The second-order valence-electron chi connectivity index (χ2n) is 10.9. The Morgan fingerprint density at radius 2 is 1.57 bits per heavy atom. The molecule has 44 heavy (non-hydrogen) atoms. The fraction of sp³-hybridized carbons (Fsp3) is 0.517. The molecule has 0 aromatic heterocycles. The van der Waals surface area contributed by atoms with E-state index in [0.29, 0.717) is 12.8 Å². The van der Waals surface area contributed by atoms with Crippen LogP contribution >= 0.6 is 0 Å². The van der Waals surface area contributed by atoms with Crippen LogP contribution in [0.1, 0.15) is 49.4 Å². The molecule has 244 valence electrons. The molecule has 1 fully saturated rings. The van der Waals surface area contributed by atoms with Crippen LogP contribution in [-0.4, -0.2) is 87.8 Å². The van der Waals surface area contributed by atoms with Crippen molar-refractivity contribution in [2.24, 2.45) is 4.36 Å². The summed E-state index contributed by atoms with van der Waals surface area (Å²) in [5.41, 5.74) is 1.23. The van der Waals surface area contributed by atoms with Crippen molar-refractivity contribution in [3.8, 4) is 0 Å². The number of benzene rings is 2. The van der Waals surface area contributed by atoms with Gasteiger partial charge in [-0.05, 0) is 55.9 Å². The van der Waals surface area contributed by atoms with Crippen LogP contribution in [0.15, 0.2) is 51.7 Å². The summed E-state index contributed by atoms with van der Waals surface area (Å²) in [4.78, 5) is 29.4. The number of anilines is 3. The van der Waals surface area contributed by atoms with Crippen molar-refractivity contribution in [1.29, 1.82) is 0 Å². The summed E-state index contributed by atoms with van der Waals surface area (Å²) in [5, 5.41) is 2.69. The lowest BCUT2D eigenvalue weighted by Gasteiger charge is -2.34. The first-order valence-corrected chi connectivity index (χ1v) is 17.9. The highest BCUT2D eigenvalue weighted by molar-refractivity contribution is 7.94. The van der Waals surface area contributed by atoms with Crippen molar-refractivity contribution in [3.05, 3.63) is 48.0 Å². The molecule has 10 nitrogen and oxygen atoms in total. The lowest BCUT2D eigenvalue weighted by Crippen LogP contribution is -2.44. The molecule has 0 saturated carbocycles. The molecule has 1 aliphatic rings. The number of piperazine rings is 1. The maximum atomic E-state index is 13.6. The van der Waals surface area contributed by atoms with Gasteiger partial charge in [-0.15, -0.1) is 4.36 Å². The predicted molar refractivity (Wildman–Crippen MR) is 167 cm³/mol. The molecular formula is C29H40F3N5O5S2. The van der Waals surface area contributed by atoms with Crippen LogP contribution in [0.4, 0.5) is 30.2 Å². The van der Waals surface area contributed by atoms with Gasteiger partial charge in [-0.1, -0.05) is 32.6 Å². The fourth-order valence-electron chi connectivity index (χ4n) is 4.67. The molecule has 0 bridgehead atoms. The number of amides is 2. The normalized spacial score (nSPS) is 15.8. The van der Waals surface area contributed by atoms with Gasteiger partial charge in [-0.3, -0.25) is 13.9 Å². The zero-order chi connectivity index (χ0) is 32.7. The lowest BCUT2D eigenvalue weighted by molar-refractivity contribution is -0.169. The van der Waals surface area contributed by atoms with Crippen LogP contribution in [0.25, 0.3) is 0 Å². The Labute approximate surface area is 257 Å². The predicted octanol–water partition coefficient (Wildman–Crippen LogP) is 4.97. The van der Waals surface area contributed by atoms with E-state index in [4.69, 9.17) is 0 Å². The van der Waals surface area contributed by atoms with Crippen molar-refractivity contribution < 1.29 is 35.4 Å². The number of carbonyl (C=O) groups excluding carboxylic acids is 2. The number of likely N-dealkylation sites (N-methyl/N-ethyl adjacent to an activating group) is 1. The number of rotatable bonds is 12. The van der Waals surface area contributed by atoms with Gasteiger partial charge in [0.1, 0.15) is 0 Å². The highest BCUT2D eigenvalue weighted by atomic mass is 32.2. The molecule has 15 heteroatoms. The van der Waals surface area contributed by atoms with E-state index in [0.717, 1.165) is 61.7 Å². The second kappa shape index (κ2) is 14.7. The quantitative estimate of drug-likeness (QED) is 0.320. The third-order valence-electron chi connectivity index (χ3n) is 7.41. The van der Waals surface area contributed by atoms with E-state index in [1.54, 1.807) is 18.2 Å². The molecule has 1 saturated heterocycles. The number of hydrogen-bond donors (Lipinski definition) is 1. The van der Waals surface area contributed by atoms with Crippen LogP contribution in [0.2, 0.25) is 0 Å². The highest BCUT2D eigenvalue weighted by Crippen LogP contribution is 2.29. The molecule has 1 unspecified atom stereocenters. The standard InChI is InChI=1S/C29H40F3N5O5S2/c1-5-6-7-8-9-20-44(42,34-28(39)29(30,31)32)24-13-10-22(11-14-24)33-27(38)25-21-23(37-18-16-35(2)17-19-37)12-15-26(25)36(3)43(4,40)41/h10-15,21H,5-9,16-20H2,1-4H3,(H,33,38). The Bertz CT molecular complexity index is 1550. The van der Waals surface area contributed by atoms with Gasteiger partial charge in [0, 0.05) is 55.2 Å². The van der Waals surface area contributed by atoms with Crippen molar-refractivity contribution in [1.82, 2.24) is 4.90 Å². The molecule has 2 aromatic rings. The van der Waals surface area contributed by atoms with Gasteiger partial charge in [0.05, 0.1) is 27.2 Å². The number of sulfonamides is 1. The van der Waals surface area contributed by atoms with Crippen molar-refractivity contribution >= 4 is 48.6 Å². The van der Waals surface area contributed by atoms with Crippen LogP contribution < -0.4 is 14.5 Å². The summed E-state index contributed by atoms with van der Waals surface area (Å²) in [6.45, 7) is 5.10. The molecule has 3 rings (SSSR count). The number of nitrogens with one attached hydrogen (secondary N) is 1. The topological polar surface area (TPSA) is 119 Å². The molecule has 1 aliphatic heterocycles. The van der Waals surface area contributed by atoms with Crippen molar-refractivity contribution in [2.45, 2.75) is 50.1 Å². The number of nitrogens with zero attached hydrogens (tertiary/aromatic N) is 4. The summed E-state index contributed by atoms with van der Waals surface area (Å²) < 4.78 is 81.5. The van der Waals surface area contributed by atoms with Crippen molar-refractivity contribution in [3.63, 3.8) is 0 Å². The van der Waals surface area contributed by atoms with E-state index in [9.17, 15) is 35.4 Å². The van der Waals surface area contributed by atoms with Gasteiger partial charge in [-0.2, -0.15) is 13.2 Å². The maximum Gasteiger partial charge on any atom is 0.474 e. The smallest absolute Gasteiger partial charge is 0.369 e. The van der Waals surface area contributed by atoms with E-state index < -0.39 is 37.7 Å². The highest BCUT2D eigenvalue weighted by Gasteiger charge is 2.40. The van der Waals surface area contributed by atoms with Gasteiger partial charge < -0.3 is 15.1 Å². The SMILES string of the molecule is CCCCCCCS(=O)(=NC(=O)C(F)(F)F)c1ccc(NC(=O)c2cc(N3CCN(C)CC3)ccc2N(C)S(C)(=O)=O)cc1. The fourth-order valence-corrected chi connectivity index (χ4v) is 7.15. The van der Waals surface area contributed by atoms with Gasteiger partial charge in [0.15, 0.2) is 0 Å². The molecule has 1 heterocycles. The van der Waals surface area contributed by atoms with Crippen molar-refractivity contribution in [2.75, 3.05) is 66.8 Å². The average Bonchev–Trinajstić information content (AvgIpc) is 2.96. The first-order valence-electron chi connectivity index (χ1n) is 14.3. The number of halogens is 3. The summed E-state index contributed by atoms with van der Waals surface area (Å²) in [7, 11) is -4.08. The van der Waals surface area contributed by atoms with E-state index >= 15 is 0 Å². The molecule has 1 atom stereocenters. The van der Waals surface area contributed by atoms with Gasteiger partial charge >= 0.3 is 12.1 Å². The molecule has 1 N–H and O–H groups in total. The molecule has 0 spiro atoms. The third kappa shape index (κ3) is 9.41. The monoisotopic (exact) mass is 659 g/mol. The Balaban J connectivity index is 1.91. The summed E-state index contributed by atoms with van der Waals surface area (Å²) in [5.74, 6) is -3.24. The van der Waals surface area contributed by atoms with Gasteiger partial charge in [0.2, 0.25) is 10.0 Å². The Kier molecular flexibility index (Phi) is 11.8. The zero-order valence-corrected chi connectivity index (χ0v) is 27.0. The van der Waals surface area contributed by atoms with Crippen LogP contribution in [0.5, 0.6) is 0 Å². The van der Waals surface area contributed by atoms with E-state index in [1.807, 2.05) is 14.0 Å². The first kappa shape index (κ1) is 35.3. The second-order valence-corrected chi connectivity index (χ2v) is 15.2. The number of hydrogen-bond acceptors (Lipinski definition) is 7. The van der Waals surface area contributed by atoms with E-state index in [1.165, 1.54) is 31.3 Å². The number of alkyl halides is 3. The summed E-state index contributed by atoms with van der Waals surface area (Å²) in [6, 6.07) is 10.2. The Morgan fingerprint density at radius 3 is 2.14 bits per heavy atom. The molecule has 0 aliphatic carbocycles. The van der Waals surface area contributed by atoms with Crippen LogP contribution in [-0.2, 0) is 24.5 Å². The number of carbonyl (C=O) groups is 2. The molecular weight excluding hydrogens is 619 g/mol. The van der Waals surface area contributed by atoms with Gasteiger partial charge in [0.25, 0.3) is 5.91 Å². The third-order valence-corrected chi connectivity index (χ3v) is 10.9. The minimum atomic E-state index is -5.26. The van der Waals surface area contributed by atoms with Crippen LogP contribution in [0, 0.1) is 0 Å². The first-order chi connectivity index (χ1) is 20.5. The molecule has 2 aromatic carbocycles. The van der Waals surface area contributed by atoms with E-state index in [-0.39, 0.29) is 27.6 Å². The minimum Gasteiger partial charge on any atom is -0.369 e. The lowest BCUT2D eigenvalue weighted by atomic mass is 10.1. The van der Waals surface area contributed by atoms with E-state index in [2.05, 4.69) is 19.5 Å². The number of unbranched alkanes of at least 4 members (excludes halogenated alkanes) is 4. The molecule has 2 amide bonds. The summed E-state index contributed by atoms with van der Waals surface area (Å²) >= 11 is 0. The zero-order valence-electron chi connectivity index (χ0n) is 25.4.